The maximum atomic E-state index is 9.00. The van der Waals surface area contributed by atoms with Crippen LogP contribution in [0.5, 0.6) is 0 Å². The van der Waals surface area contributed by atoms with Crippen molar-refractivity contribution >= 4 is 37.0 Å². The van der Waals surface area contributed by atoms with Gasteiger partial charge in [0, 0.05) is 0 Å². The minimum Gasteiger partial charge on any atom is -0.352 e. The average molecular weight is 391 g/mol. The van der Waals surface area contributed by atoms with Gasteiger partial charge in [-0.05, 0) is 10.8 Å². The molecule has 2 aromatic carbocycles. The highest BCUT2D eigenvalue weighted by molar-refractivity contribution is 7.45. The third kappa shape index (κ3) is 28.4. The van der Waals surface area contributed by atoms with Crippen LogP contribution in [0.2, 0.25) is 0 Å². The summed E-state index contributed by atoms with van der Waals surface area (Å²) in [6.45, 7) is 0. The predicted molar refractivity (Wildman–Crippen MR) is 99.3 cm³/mol. The number of halogens is 1. The summed E-state index contributed by atoms with van der Waals surface area (Å²) >= 11 is 0. The third-order valence-electron chi connectivity index (χ3n) is 1.66. The molecule has 0 aliphatic heterocycles. The van der Waals surface area contributed by atoms with E-state index >= 15 is 0 Å². The van der Waals surface area contributed by atoms with E-state index in [0.717, 1.165) is 0 Å². The Morgan fingerprint density at radius 1 is 0.750 bits per heavy atom. The number of hydrogen-bond donors (Lipinski definition) is 9. The van der Waals surface area contributed by atoms with E-state index in [0.29, 0.717) is 0 Å². The Morgan fingerprint density at radius 3 is 1.00 bits per heavy atom. The fraction of sp³-hybridized carbons (Fsp3) is 0. The Morgan fingerprint density at radius 2 is 0.875 bits per heavy atom. The molecule has 0 radical (unpaired) electrons. The zero-order valence-corrected chi connectivity index (χ0v) is 14.8. The van der Waals surface area contributed by atoms with Crippen LogP contribution in [0.3, 0.4) is 0 Å². The Hall–Kier alpha value is -1.79. The molecule has 0 saturated heterocycles. The number of primary amides is 2. The molecule has 2 amide bonds. The van der Waals surface area contributed by atoms with Gasteiger partial charge in [0.15, 0.2) is 0 Å². The highest BCUT2D eigenvalue weighted by Gasteiger charge is 2.00. The minimum absolute atomic E-state index is 0. The molecule has 11 nitrogen and oxygen atoms in total. The molecular weight excluding hydrogens is 363 g/mol. The first-order chi connectivity index (χ1) is 8.70. The molecular formula is C11H28ClN6O5P. The number of phosphoric acid groups is 1. The number of nitrogens with two attached hydrogens (primary N) is 2. The second kappa shape index (κ2) is 19.3. The largest absolute Gasteiger partial charge is 0.466 e. The van der Waals surface area contributed by atoms with Gasteiger partial charge in [0.05, 0.1) is 0 Å². The van der Waals surface area contributed by atoms with Crippen LogP contribution in [-0.2, 0) is 4.57 Å². The highest BCUT2D eigenvalue weighted by Crippen LogP contribution is 2.25. The smallest absolute Gasteiger partial charge is 0.352 e. The lowest BCUT2D eigenvalue weighted by atomic mass is 10.1. The van der Waals surface area contributed by atoms with Crippen LogP contribution >= 0.6 is 20.2 Å². The molecule has 13 heteroatoms. The van der Waals surface area contributed by atoms with Crippen LogP contribution in [0.1, 0.15) is 0 Å². The van der Waals surface area contributed by atoms with E-state index in [-0.39, 0.29) is 37.0 Å². The van der Waals surface area contributed by atoms with Crippen LogP contribution in [-0.4, -0.2) is 20.7 Å². The number of carbonyl (C=O) groups excluding carboxylic acids is 1. The topological polar surface area (TPSA) is 287 Å². The van der Waals surface area contributed by atoms with Gasteiger partial charge in [-0.15, -0.1) is 12.4 Å². The SMILES string of the molecule is Cl.N.N.N.N.NC(N)=O.O=P(O)(O)O.c1ccc2ccccc2c1. The average Bonchev–Trinajstić information content (AvgIpc) is 2.26. The molecule has 2 aromatic rings. The van der Waals surface area contributed by atoms with Gasteiger partial charge >= 0.3 is 13.9 Å². The van der Waals surface area contributed by atoms with Crippen molar-refractivity contribution in [2.45, 2.75) is 0 Å². The first kappa shape index (κ1) is 38.0. The number of rotatable bonds is 0. The normalized spacial score (nSPS) is 7.62. The van der Waals surface area contributed by atoms with E-state index in [1.807, 2.05) is 0 Å². The van der Waals surface area contributed by atoms with Crippen LogP contribution in [0.25, 0.3) is 10.8 Å². The van der Waals surface area contributed by atoms with Gasteiger partial charge in [-0.25, -0.2) is 9.36 Å². The highest BCUT2D eigenvalue weighted by atomic mass is 35.5. The lowest BCUT2D eigenvalue weighted by molar-refractivity contribution is 0.256. The lowest BCUT2D eigenvalue weighted by Crippen LogP contribution is -2.18. The lowest BCUT2D eigenvalue weighted by Gasteiger charge is -1.92. The zero-order valence-electron chi connectivity index (χ0n) is 13.1. The summed E-state index contributed by atoms with van der Waals surface area (Å²) in [4.78, 5) is 30.6. The van der Waals surface area contributed by atoms with Crippen LogP contribution < -0.4 is 36.1 Å². The molecule has 24 heavy (non-hydrogen) atoms. The summed E-state index contributed by atoms with van der Waals surface area (Å²) in [5.74, 6) is 0. The Labute approximate surface area is 146 Å². The monoisotopic (exact) mass is 390 g/mol. The molecule has 0 spiro atoms. The second-order valence-electron chi connectivity index (χ2n) is 3.26. The van der Waals surface area contributed by atoms with E-state index < -0.39 is 13.9 Å². The van der Waals surface area contributed by atoms with Crippen molar-refractivity contribution in [1.29, 1.82) is 0 Å². The number of benzene rings is 2. The van der Waals surface area contributed by atoms with Gasteiger partial charge in [0.25, 0.3) is 0 Å². The van der Waals surface area contributed by atoms with Crippen molar-refractivity contribution in [3.63, 3.8) is 0 Å². The minimum atomic E-state index is -4.64. The summed E-state index contributed by atoms with van der Waals surface area (Å²) in [5.41, 5.74) is 8.50. The Balaban J connectivity index is -0.0000000516. The fourth-order valence-electron chi connectivity index (χ4n) is 1.13. The number of urea groups is 1. The van der Waals surface area contributed by atoms with Crippen LogP contribution in [0.4, 0.5) is 4.79 Å². The Bertz CT molecular complexity index is 508. The number of hydrogen-bond acceptors (Lipinski definition) is 6. The predicted octanol–water partition coefficient (Wildman–Crippen LogP) is 2.00. The number of fused-ring (bicyclic) bond motifs is 1. The van der Waals surface area contributed by atoms with E-state index in [1.54, 1.807) is 0 Å². The van der Waals surface area contributed by atoms with Crippen molar-refractivity contribution in [3.8, 4) is 0 Å². The molecule has 0 heterocycles. The summed E-state index contributed by atoms with van der Waals surface area (Å²) in [6, 6.07) is 15.9. The van der Waals surface area contributed by atoms with Gasteiger partial charge in [-0.2, -0.15) is 0 Å². The second-order valence-corrected chi connectivity index (χ2v) is 4.29. The van der Waals surface area contributed by atoms with Crippen LogP contribution in [0.15, 0.2) is 48.5 Å². The summed E-state index contributed by atoms with van der Waals surface area (Å²) in [6.07, 6.45) is 0. The molecule has 0 bridgehead atoms. The molecule has 0 saturated carbocycles. The first-order valence-corrected chi connectivity index (χ1v) is 6.53. The van der Waals surface area contributed by atoms with E-state index in [1.165, 1.54) is 10.8 Å². The maximum absolute atomic E-state index is 9.00. The molecule has 144 valence electrons. The maximum Gasteiger partial charge on any atom is 0.466 e. The zero-order chi connectivity index (χ0) is 14.9. The van der Waals surface area contributed by atoms with Crippen LogP contribution in [0, 0.1) is 0 Å². The molecule has 0 atom stereocenters. The van der Waals surface area contributed by atoms with E-state index in [4.69, 9.17) is 24.0 Å². The molecule has 0 aliphatic carbocycles. The van der Waals surface area contributed by atoms with Crippen molar-refractivity contribution in [3.05, 3.63) is 48.5 Å². The molecule has 0 unspecified atom stereocenters. The van der Waals surface area contributed by atoms with Gasteiger partial charge < -0.3 is 50.7 Å². The van der Waals surface area contributed by atoms with Crippen molar-refractivity contribution in [2.75, 3.05) is 0 Å². The molecule has 0 aromatic heterocycles. The van der Waals surface area contributed by atoms with E-state index in [2.05, 4.69) is 60.0 Å². The quantitative estimate of drug-likeness (QED) is 0.296. The molecule has 19 N–H and O–H groups in total. The molecule has 2 rings (SSSR count). The Kier molecular flexibility index (Phi) is 30.5. The van der Waals surface area contributed by atoms with Gasteiger partial charge in [-0.3, -0.25) is 0 Å². The summed E-state index contributed by atoms with van der Waals surface area (Å²) < 4.78 is 8.88. The number of amides is 2. The van der Waals surface area contributed by atoms with Crippen molar-refractivity contribution < 1.29 is 24.0 Å². The standard InChI is InChI=1S/C10H8.CH4N2O.ClH.4H3N.H3O4P/c1-2-6-10-8-4-3-7-9(10)5-1;2-1(3)4;;;;;;1-5(2,3)4/h1-8H;(H4,2,3,4);1H;4*1H3;(H3,1,2,3,4). The van der Waals surface area contributed by atoms with Crippen molar-refractivity contribution in [1.82, 2.24) is 24.6 Å². The third-order valence-corrected chi connectivity index (χ3v) is 1.66. The summed E-state index contributed by atoms with van der Waals surface area (Å²) in [5, 5.41) is 2.62. The number of carbonyl (C=O) groups is 1. The van der Waals surface area contributed by atoms with Gasteiger partial charge in [0.1, 0.15) is 0 Å². The molecule has 0 aliphatic rings. The fourth-order valence-corrected chi connectivity index (χ4v) is 1.13. The summed E-state index contributed by atoms with van der Waals surface area (Å²) in [7, 11) is -4.64. The molecule has 0 fully saturated rings. The first-order valence-electron chi connectivity index (χ1n) is 4.97. The van der Waals surface area contributed by atoms with Gasteiger partial charge in [-0.1, -0.05) is 48.5 Å². The van der Waals surface area contributed by atoms with Crippen molar-refractivity contribution in [2.24, 2.45) is 11.5 Å². The van der Waals surface area contributed by atoms with E-state index in [9.17, 15) is 0 Å². The van der Waals surface area contributed by atoms with Gasteiger partial charge in [0.2, 0.25) is 0 Å².